The lowest BCUT2D eigenvalue weighted by atomic mass is 10.1. The van der Waals surface area contributed by atoms with E-state index in [2.05, 4.69) is 10.3 Å². The molecular weight excluding hydrogens is 306 g/mol. The summed E-state index contributed by atoms with van der Waals surface area (Å²) in [6, 6.07) is -0.439. The molecule has 0 saturated carbocycles. The minimum atomic E-state index is -1.70. The molecule has 122 valence electrons. The Bertz CT molecular complexity index is 544. The Labute approximate surface area is 124 Å². The van der Waals surface area contributed by atoms with E-state index in [1.165, 1.54) is 0 Å². The molecule has 2 heterocycles. The Hall–Kier alpha value is -2.06. The molecule has 1 saturated heterocycles. The Balaban J connectivity index is 2.18. The summed E-state index contributed by atoms with van der Waals surface area (Å²) in [5, 5.41) is 2.54. The van der Waals surface area contributed by atoms with E-state index in [4.69, 9.17) is 4.74 Å². The van der Waals surface area contributed by atoms with E-state index in [9.17, 15) is 22.4 Å². The zero-order valence-electron chi connectivity index (χ0n) is 11.8. The molecule has 5 nitrogen and oxygen atoms in total. The molecule has 0 bridgehead atoms. The highest BCUT2D eigenvalue weighted by molar-refractivity contribution is 5.67. The minimum absolute atomic E-state index is 0.00947. The summed E-state index contributed by atoms with van der Waals surface area (Å²) in [4.78, 5) is 15.0. The van der Waals surface area contributed by atoms with Crippen LogP contribution >= 0.6 is 0 Å². The highest BCUT2D eigenvalue weighted by Crippen LogP contribution is 2.28. The number of amides is 1. The maximum absolute atomic E-state index is 13.7. The third-order valence-electron chi connectivity index (χ3n) is 3.31. The normalized spacial score (nSPS) is 18.2. The molecular formula is C13H15F4N3O2. The van der Waals surface area contributed by atoms with Crippen molar-refractivity contribution in [3.8, 4) is 0 Å². The largest absolute Gasteiger partial charge is 0.450 e. The van der Waals surface area contributed by atoms with Crippen molar-refractivity contribution in [3.63, 3.8) is 0 Å². The van der Waals surface area contributed by atoms with Gasteiger partial charge in [0.2, 0.25) is 11.6 Å². The first-order chi connectivity index (χ1) is 10.4. The number of halogens is 4. The van der Waals surface area contributed by atoms with Crippen molar-refractivity contribution in [1.29, 1.82) is 0 Å². The van der Waals surface area contributed by atoms with E-state index in [1.807, 2.05) is 0 Å². The van der Waals surface area contributed by atoms with Gasteiger partial charge >= 0.3 is 6.09 Å². The third kappa shape index (κ3) is 3.40. The van der Waals surface area contributed by atoms with Crippen molar-refractivity contribution in [2.24, 2.45) is 0 Å². The Kier molecular flexibility index (Phi) is 5.04. The number of aromatic nitrogens is 1. The third-order valence-corrected chi connectivity index (χ3v) is 3.31. The van der Waals surface area contributed by atoms with Crippen LogP contribution in [0.4, 0.5) is 28.0 Å². The van der Waals surface area contributed by atoms with Crippen molar-refractivity contribution >= 4 is 11.8 Å². The topological polar surface area (TPSA) is 54.5 Å². The number of carbonyl (C=O) groups excluding carboxylic acids is 1. The number of nitrogens with one attached hydrogen (secondary N) is 1. The van der Waals surface area contributed by atoms with Gasteiger partial charge in [-0.1, -0.05) is 0 Å². The number of hydrogen-bond donors (Lipinski definition) is 1. The van der Waals surface area contributed by atoms with Crippen LogP contribution in [0.2, 0.25) is 0 Å². The summed E-state index contributed by atoms with van der Waals surface area (Å²) in [6.45, 7) is 2.04. The molecule has 0 radical (unpaired) electrons. The summed E-state index contributed by atoms with van der Waals surface area (Å²) in [7, 11) is 0. The van der Waals surface area contributed by atoms with Crippen LogP contribution in [0, 0.1) is 23.5 Å². The van der Waals surface area contributed by atoms with Crippen molar-refractivity contribution in [1.82, 2.24) is 10.3 Å². The summed E-state index contributed by atoms with van der Waals surface area (Å²) in [5.41, 5.74) is -0.805. The Morgan fingerprint density at radius 1 is 1.32 bits per heavy atom. The van der Waals surface area contributed by atoms with Crippen molar-refractivity contribution in [2.75, 3.05) is 24.6 Å². The van der Waals surface area contributed by atoms with Gasteiger partial charge in [0.25, 0.3) is 11.9 Å². The highest BCUT2D eigenvalue weighted by atomic mass is 19.2. The van der Waals surface area contributed by atoms with Crippen LogP contribution in [0.1, 0.15) is 19.8 Å². The minimum Gasteiger partial charge on any atom is -0.450 e. The number of piperidine rings is 1. The molecule has 0 aromatic carbocycles. The maximum Gasteiger partial charge on any atom is 0.407 e. The number of nitrogens with zero attached hydrogens (tertiary/aromatic N) is 2. The van der Waals surface area contributed by atoms with E-state index in [-0.39, 0.29) is 19.7 Å². The van der Waals surface area contributed by atoms with Crippen molar-refractivity contribution < 1.29 is 27.1 Å². The van der Waals surface area contributed by atoms with Gasteiger partial charge in [0.1, 0.15) is 5.69 Å². The average molecular weight is 321 g/mol. The van der Waals surface area contributed by atoms with E-state index in [0.29, 0.717) is 12.8 Å². The molecule has 1 aromatic heterocycles. The second-order valence-corrected chi connectivity index (χ2v) is 4.82. The second-order valence-electron chi connectivity index (χ2n) is 4.82. The SMILES string of the molecule is CCOC(=O)NC1CCCN(c2c(F)c(F)nc(F)c2F)C1. The summed E-state index contributed by atoms with van der Waals surface area (Å²) in [5.74, 6) is -6.49. The quantitative estimate of drug-likeness (QED) is 0.686. The van der Waals surface area contributed by atoms with Crippen LogP contribution in [0.15, 0.2) is 0 Å². The lowest BCUT2D eigenvalue weighted by Gasteiger charge is -2.34. The van der Waals surface area contributed by atoms with Crippen LogP contribution < -0.4 is 10.2 Å². The maximum atomic E-state index is 13.7. The van der Waals surface area contributed by atoms with Gasteiger partial charge in [-0.15, -0.1) is 0 Å². The molecule has 1 amide bonds. The second kappa shape index (κ2) is 6.80. The molecule has 1 N–H and O–H groups in total. The van der Waals surface area contributed by atoms with Gasteiger partial charge in [-0.2, -0.15) is 22.5 Å². The number of anilines is 1. The van der Waals surface area contributed by atoms with Gasteiger partial charge in [-0.05, 0) is 19.8 Å². The van der Waals surface area contributed by atoms with Gasteiger partial charge < -0.3 is 15.0 Å². The fourth-order valence-corrected chi connectivity index (χ4v) is 2.39. The number of pyridine rings is 1. The predicted octanol–water partition coefficient (Wildman–Crippen LogP) is 2.35. The Morgan fingerprint density at radius 2 is 1.95 bits per heavy atom. The molecule has 0 aliphatic carbocycles. The van der Waals surface area contributed by atoms with Gasteiger partial charge in [0, 0.05) is 19.1 Å². The van der Waals surface area contributed by atoms with E-state index < -0.39 is 41.4 Å². The van der Waals surface area contributed by atoms with Gasteiger partial charge in [0.15, 0.2) is 0 Å². The molecule has 1 aliphatic heterocycles. The molecule has 1 aromatic rings. The number of alkyl carbamates (subject to hydrolysis) is 1. The molecule has 1 atom stereocenters. The fraction of sp³-hybridized carbons (Fsp3) is 0.538. The number of rotatable bonds is 3. The summed E-state index contributed by atoms with van der Waals surface area (Å²) in [6.07, 6.45) is 0.401. The van der Waals surface area contributed by atoms with Crippen molar-refractivity contribution in [2.45, 2.75) is 25.8 Å². The fourth-order valence-electron chi connectivity index (χ4n) is 2.39. The number of hydrogen-bond acceptors (Lipinski definition) is 4. The first kappa shape index (κ1) is 16.3. The van der Waals surface area contributed by atoms with E-state index in [0.717, 1.165) is 4.90 Å². The van der Waals surface area contributed by atoms with E-state index >= 15 is 0 Å². The molecule has 9 heteroatoms. The summed E-state index contributed by atoms with van der Waals surface area (Å²) >= 11 is 0. The van der Waals surface area contributed by atoms with Crippen LogP contribution in [0.25, 0.3) is 0 Å². The van der Waals surface area contributed by atoms with Crippen molar-refractivity contribution in [3.05, 3.63) is 23.5 Å². The lowest BCUT2D eigenvalue weighted by molar-refractivity contribution is 0.146. The molecule has 1 aliphatic rings. The Morgan fingerprint density at radius 3 is 2.55 bits per heavy atom. The monoisotopic (exact) mass is 321 g/mol. The first-order valence-electron chi connectivity index (χ1n) is 6.82. The highest BCUT2D eigenvalue weighted by Gasteiger charge is 2.29. The molecule has 2 rings (SSSR count). The summed E-state index contributed by atoms with van der Waals surface area (Å²) < 4.78 is 58.6. The molecule has 1 unspecified atom stereocenters. The predicted molar refractivity (Wildman–Crippen MR) is 69.5 cm³/mol. The van der Waals surface area contributed by atoms with Crippen LogP contribution in [0.3, 0.4) is 0 Å². The molecule has 0 spiro atoms. The van der Waals surface area contributed by atoms with Crippen LogP contribution in [-0.4, -0.2) is 36.8 Å². The van der Waals surface area contributed by atoms with E-state index in [1.54, 1.807) is 6.92 Å². The zero-order valence-corrected chi connectivity index (χ0v) is 11.8. The lowest BCUT2D eigenvalue weighted by Crippen LogP contribution is -2.48. The van der Waals surface area contributed by atoms with Crippen LogP contribution in [0.5, 0.6) is 0 Å². The van der Waals surface area contributed by atoms with Gasteiger partial charge in [-0.3, -0.25) is 0 Å². The molecule has 22 heavy (non-hydrogen) atoms. The average Bonchev–Trinajstić information content (AvgIpc) is 2.46. The first-order valence-corrected chi connectivity index (χ1v) is 6.82. The van der Waals surface area contributed by atoms with Gasteiger partial charge in [0.05, 0.1) is 6.61 Å². The molecule has 1 fully saturated rings. The smallest absolute Gasteiger partial charge is 0.407 e. The van der Waals surface area contributed by atoms with Crippen LogP contribution in [-0.2, 0) is 4.74 Å². The van der Waals surface area contributed by atoms with Gasteiger partial charge in [-0.25, -0.2) is 4.79 Å². The standard InChI is InChI=1S/C13H15F4N3O2/c1-2-22-13(21)18-7-4-3-5-20(6-7)10-8(14)11(16)19-12(17)9(10)15/h7H,2-6H2,1H3,(H,18,21). The number of ether oxygens (including phenoxy) is 1. The zero-order chi connectivity index (χ0) is 16.3. The number of carbonyl (C=O) groups is 1.